The number of carbonyl (C=O) groups excluding carboxylic acids is 1. The lowest BCUT2D eigenvalue weighted by Gasteiger charge is -2.35. The van der Waals surface area contributed by atoms with Gasteiger partial charge in [0.25, 0.3) is 5.91 Å². The van der Waals surface area contributed by atoms with Crippen LogP contribution in [0.15, 0.2) is 24.4 Å². The lowest BCUT2D eigenvalue weighted by molar-refractivity contribution is -0.118. The summed E-state index contributed by atoms with van der Waals surface area (Å²) in [7, 11) is 3.77. The van der Waals surface area contributed by atoms with E-state index in [1.165, 1.54) is 17.5 Å². The normalized spacial score (nSPS) is 16.5. The molecule has 4 heterocycles. The number of fused-ring (bicyclic) bond motifs is 2. The second kappa shape index (κ2) is 9.45. The number of hydrogen-bond donors (Lipinski definition) is 1. The molecule has 1 aromatic carbocycles. The molecule has 196 valence electrons. The minimum absolute atomic E-state index is 0.0279. The summed E-state index contributed by atoms with van der Waals surface area (Å²) >= 11 is 1.22. The molecule has 2 aliphatic rings. The minimum atomic E-state index is -4.61. The van der Waals surface area contributed by atoms with Crippen molar-refractivity contribution in [3.05, 3.63) is 40.7 Å². The molecule has 0 radical (unpaired) electrons. The Morgan fingerprint density at radius 1 is 1.05 bits per heavy atom. The third-order valence-electron chi connectivity index (χ3n) is 6.46. The Labute approximate surface area is 216 Å². The van der Waals surface area contributed by atoms with E-state index in [0.717, 1.165) is 43.1 Å². The molecule has 0 aliphatic carbocycles. The SMILES string of the molecule is Cc1nc2c(s1)N(C)c1nc(Nc3ccc(N4CCN(C)CC4)c(C)c3)ncc1N(CC(F)(F)F)C2=O. The Balaban J connectivity index is 1.46. The maximum Gasteiger partial charge on any atom is 0.406 e. The fourth-order valence-corrected chi connectivity index (χ4v) is 5.45. The van der Waals surface area contributed by atoms with E-state index in [2.05, 4.69) is 43.2 Å². The zero-order chi connectivity index (χ0) is 26.5. The van der Waals surface area contributed by atoms with Crippen LogP contribution in [-0.4, -0.2) is 78.8 Å². The molecule has 0 bridgehead atoms. The van der Waals surface area contributed by atoms with E-state index in [1.807, 2.05) is 19.1 Å². The predicted octanol–water partition coefficient (Wildman–Crippen LogP) is 4.34. The number of alkyl halides is 3. The molecule has 0 unspecified atom stereocenters. The van der Waals surface area contributed by atoms with Crippen molar-refractivity contribution in [2.75, 3.05) is 66.8 Å². The third-order valence-corrected chi connectivity index (χ3v) is 7.51. The number of benzene rings is 1. The second-order valence-corrected chi connectivity index (χ2v) is 10.5. The number of carbonyl (C=O) groups is 1. The van der Waals surface area contributed by atoms with E-state index in [1.54, 1.807) is 18.9 Å². The highest BCUT2D eigenvalue weighted by Gasteiger charge is 2.40. The van der Waals surface area contributed by atoms with Crippen LogP contribution in [0.4, 0.5) is 47.0 Å². The summed E-state index contributed by atoms with van der Waals surface area (Å²) in [5, 5.41) is 4.17. The molecule has 2 aliphatic heterocycles. The maximum absolute atomic E-state index is 13.4. The number of halogens is 3. The highest BCUT2D eigenvalue weighted by atomic mass is 32.1. The highest BCUT2D eigenvalue weighted by Crippen LogP contribution is 2.42. The van der Waals surface area contributed by atoms with Crippen molar-refractivity contribution in [2.45, 2.75) is 20.0 Å². The van der Waals surface area contributed by atoms with Crippen LogP contribution in [0.1, 0.15) is 21.1 Å². The van der Waals surface area contributed by atoms with Gasteiger partial charge in [-0.05, 0) is 44.7 Å². The van der Waals surface area contributed by atoms with Gasteiger partial charge in [-0.15, -0.1) is 11.3 Å². The topological polar surface area (TPSA) is 80.7 Å². The average molecular weight is 533 g/mol. The number of aromatic nitrogens is 3. The molecule has 1 saturated heterocycles. The molecular formula is C24H27F3N8OS. The largest absolute Gasteiger partial charge is 0.406 e. The van der Waals surface area contributed by atoms with Crippen molar-refractivity contribution in [1.82, 2.24) is 19.9 Å². The third kappa shape index (κ3) is 5.05. The van der Waals surface area contributed by atoms with E-state index >= 15 is 0 Å². The number of thiazole rings is 1. The molecule has 9 nitrogen and oxygen atoms in total. The predicted molar refractivity (Wildman–Crippen MR) is 139 cm³/mol. The number of anilines is 6. The van der Waals surface area contributed by atoms with Crippen LogP contribution in [0.5, 0.6) is 0 Å². The van der Waals surface area contributed by atoms with E-state index < -0.39 is 18.6 Å². The van der Waals surface area contributed by atoms with Gasteiger partial charge >= 0.3 is 6.18 Å². The molecule has 2 aromatic heterocycles. The van der Waals surface area contributed by atoms with Crippen molar-refractivity contribution < 1.29 is 18.0 Å². The number of rotatable bonds is 4. The van der Waals surface area contributed by atoms with E-state index in [9.17, 15) is 18.0 Å². The van der Waals surface area contributed by atoms with Crippen molar-refractivity contribution in [1.29, 1.82) is 0 Å². The summed E-state index contributed by atoms with van der Waals surface area (Å²) in [5.41, 5.74) is 2.95. The van der Waals surface area contributed by atoms with Gasteiger partial charge in [0.05, 0.1) is 11.2 Å². The molecule has 3 aromatic rings. The van der Waals surface area contributed by atoms with Crippen LogP contribution >= 0.6 is 11.3 Å². The summed E-state index contributed by atoms with van der Waals surface area (Å²) in [5.74, 6) is -0.438. The first-order chi connectivity index (χ1) is 17.5. The van der Waals surface area contributed by atoms with Crippen LogP contribution in [-0.2, 0) is 0 Å². The molecule has 1 N–H and O–H groups in total. The molecule has 1 amide bonds. The van der Waals surface area contributed by atoms with Gasteiger partial charge < -0.3 is 20.0 Å². The lowest BCUT2D eigenvalue weighted by atomic mass is 10.1. The first kappa shape index (κ1) is 25.2. The summed E-state index contributed by atoms with van der Waals surface area (Å²) < 4.78 is 40.3. The Hall–Kier alpha value is -3.45. The van der Waals surface area contributed by atoms with Crippen molar-refractivity contribution in [3.8, 4) is 0 Å². The molecule has 1 fully saturated rings. The second-order valence-electron chi connectivity index (χ2n) is 9.27. The number of aryl methyl sites for hydroxylation is 2. The molecule has 5 rings (SSSR count). The Bertz CT molecular complexity index is 1340. The van der Waals surface area contributed by atoms with Gasteiger partial charge in [-0.2, -0.15) is 18.2 Å². The Kier molecular flexibility index (Phi) is 6.44. The van der Waals surface area contributed by atoms with Crippen molar-refractivity contribution >= 4 is 51.1 Å². The quantitative estimate of drug-likeness (QED) is 0.532. The minimum Gasteiger partial charge on any atom is -0.369 e. The van der Waals surface area contributed by atoms with Gasteiger partial charge in [-0.3, -0.25) is 9.69 Å². The van der Waals surface area contributed by atoms with Gasteiger partial charge in [0.15, 0.2) is 11.5 Å². The zero-order valence-corrected chi connectivity index (χ0v) is 21.7. The van der Waals surface area contributed by atoms with Crippen LogP contribution < -0.4 is 20.0 Å². The van der Waals surface area contributed by atoms with E-state index in [-0.39, 0.29) is 23.1 Å². The zero-order valence-electron chi connectivity index (χ0n) is 20.9. The molecule has 0 atom stereocenters. The van der Waals surface area contributed by atoms with Crippen molar-refractivity contribution in [2.24, 2.45) is 0 Å². The smallest absolute Gasteiger partial charge is 0.369 e. The van der Waals surface area contributed by atoms with Crippen LogP contribution in [0.2, 0.25) is 0 Å². The summed E-state index contributed by atoms with van der Waals surface area (Å²) in [6, 6.07) is 5.98. The summed E-state index contributed by atoms with van der Waals surface area (Å²) in [6.45, 7) is 6.20. The van der Waals surface area contributed by atoms with Crippen LogP contribution in [0.25, 0.3) is 0 Å². The van der Waals surface area contributed by atoms with Gasteiger partial charge in [0.1, 0.15) is 17.2 Å². The number of nitrogens with one attached hydrogen (secondary N) is 1. The summed E-state index contributed by atoms with van der Waals surface area (Å²) in [6.07, 6.45) is -3.36. The fourth-order valence-electron chi connectivity index (χ4n) is 4.58. The van der Waals surface area contributed by atoms with Crippen LogP contribution in [0, 0.1) is 13.8 Å². The number of likely N-dealkylation sites (N-methyl/N-ethyl adjacent to an activating group) is 1. The summed E-state index contributed by atoms with van der Waals surface area (Å²) in [4.78, 5) is 33.0. The molecule has 37 heavy (non-hydrogen) atoms. The monoisotopic (exact) mass is 532 g/mol. The van der Waals surface area contributed by atoms with Crippen LogP contribution in [0.3, 0.4) is 0 Å². The highest BCUT2D eigenvalue weighted by molar-refractivity contribution is 7.16. The first-order valence-corrected chi connectivity index (χ1v) is 12.6. The molecular weight excluding hydrogens is 505 g/mol. The van der Waals surface area contributed by atoms with E-state index in [0.29, 0.717) is 14.9 Å². The number of nitrogens with zero attached hydrogens (tertiary/aromatic N) is 7. The number of piperazine rings is 1. The van der Waals surface area contributed by atoms with Gasteiger partial charge in [0.2, 0.25) is 5.95 Å². The lowest BCUT2D eigenvalue weighted by Crippen LogP contribution is -2.44. The Morgan fingerprint density at radius 3 is 2.46 bits per heavy atom. The van der Waals surface area contributed by atoms with Gasteiger partial charge in [-0.25, -0.2) is 9.97 Å². The average Bonchev–Trinajstić information content (AvgIpc) is 3.21. The number of amides is 1. The number of hydrogen-bond acceptors (Lipinski definition) is 9. The fraction of sp³-hybridized carbons (Fsp3) is 0.417. The Morgan fingerprint density at radius 2 is 1.78 bits per heavy atom. The van der Waals surface area contributed by atoms with E-state index in [4.69, 9.17) is 0 Å². The molecule has 0 spiro atoms. The van der Waals surface area contributed by atoms with Gasteiger partial charge in [0, 0.05) is 44.6 Å². The maximum atomic E-state index is 13.4. The first-order valence-electron chi connectivity index (χ1n) is 11.8. The molecule has 13 heteroatoms. The van der Waals surface area contributed by atoms with Crippen molar-refractivity contribution in [3.63, 3.8) is 0 Å². The molecule has 0 saturated carbocycles. The standard InChI is InChI=1S/C24H27F3N8OS/c1-14-11-16(5-6-17(14)34-9-7-32(3)8-10-34)30-23-28-12-18-20(31-23)33(4)22-19(29-15(2)37-22)21(36)35(18)13-24(25,26)27/h5-6,11-12H,7-10,13H2,1-4H3,(H,28,30,31). The van der Waals surface area contributed by atoms with Gasteiger partial charge in [-0.1, -0.05) is 0 Å².